The minimum absolute atomic E-state index is 0.101. The predicted molar refractivity (Wildman–Crippen MR) is 24.6 cm³/mol. The van der Waals surface area contributed by atoms with Gasteiger partial charge in [-0.05, 0) is 0 Å². The van der Waals surface area contributed by atoms with Crippen LogP contribution in [0.1, 0.15) is 0 Å². The van der Waals surface area contributed by atoms with E-state index in [0.29, 0.717) is 0 Å². The van der Waals surface area contributed by atoms with E-state index in [1.54, 1.807) is 0 Å². The monoisotopic (exact) mass is 195 g/mol. The molecule has 0 aromatic carbocycles. The first kappa shape index (κ1) is 10.1. The summed E-state index contributed by atoms with van der Waals surface area (Å²) in [5.74, 6) is 0. The van der Waals surface area contributed by atoms with Crippen molar-refractivity contribution in [3.8, 4) is 0 Å². The lowest BCUT2D eigenvalue weighted by Gasteiger charge is -2.04. The van der Waals surface area contributed by atoms with Crippen LogP contribution in [0.25, 0.3) is 0 Å². The lowest BCUT2D eigenvalue weighted by molar-refractivity contribution is -0.0445. The number of hydrogen-bond donors (Lipinski definition) is 1. The minimum Gasteiger partial charge on any atom is -0.233 e. The van der Waals surface area contributed by atoms with E-state index in [4.69, 9.17) is 0 Å². The van der Waals surface area contributed by atoms with Crippen LogP contribution in [0.4, 0.5) is 22.4 Å². The van der Waals surface area contributed by atoms with Crippen LogP contribution in [-0.2, 0) is 10.0 Å². The SMILES string of the molecule is O=C(F)NS(=O)(=O)C(F)(F)F. The molecule has 0 saturated carbocycles. The number of rotatable bonds is 1. The maximum atomic E-state index is 11.2. The van der Waals surface area contributed by atoms with Gasteiger partial charge in [-0.15, -0.1) is 4.39 Å². The van der Waals surface area contributed by atoms with Gasteiger partial charge in [-0.2, -0.15) is 21.6 Å². The van der Waals surface area contributed by atoms with Crippen LogP contribution in [0.15, 0.2) is 0 Å². The number of halogens is 4. The van der Waals surface area contributed by atoms with E-state index in [2.05, 4.69) is 0 Å². The van der Waals surface area contributed by atoms with Crippen LogP contribution in [0.5, 0.6) is 0 Å². The third-order valence-corrected chi connectivity index (χ3v) is 1.56. The second-order valence-electron chi connectivity index (χ2n) is 1.32. The maximum absolute atomic E-state index is 11.2. The quantitative estimate of drug-likeness (QED) is 0.376. The smallest absolute Gasteiger partial charge is 0.233 e. The summed E-state index contributed by atoms with van der Waals surface area (Å²) in [5, 5.41) is 0. The molecule has 0 atom stereocenters. The molecule has 1 amide bonds. The molecule has 0 aromatic heterocycles. The Labute approximate surface area is 58.2 Å². The number of nitrogens with one attached hydrogen (secondary N) is 1. The molecular formula is C2HF4NO3S. The first-order valence-electron chi connectivity index (χ1n) is 1.95. The lowest BCUT2D eigenvalue weighted by atomic mass is 11.4. The summed E-state index contributed by atoms with van der Waals surface area (Å²) in [5.41, 5.74) is -5.67. The molecule has 0 radical (unpaired) electrons. The van der Waals surface area contributed by atoms with Crippen molar-refractivity contribution in [2.24, 2.45) is 0 Å². The van der Waals surface area contributed by atoms with Crippen LogP contribution in [-0.4, -0.2) is 20.1 Å². The highest BCUT2D eigenvalue weighted by Crippen LogP contribution is 2.21. The fraction of sp³-hybridized carbons (Fsp3) is 0.500. The van der Waals surface area contributed by atoms with Crippen molar-refractivity contribution in [1.29, 1.82) is 0 Å². The van der Waals surface area contributed by atoms with E-state index < -0.39 is 21.7 Å². The van der Waals surface area contributed by atoms with Gasteiger partial charge < -0.3 is 0 Å². The predicted octanol–water partition coefficient (Wildman–Crippen LogP) is 0.515. The normalized spacial score (nSPS) is 12.7. The van der Waals surface area contributed by atoms with Crippen LogP contribution < -0.4 is 4.72 Å². The van der Waals surface area contributed by atoms with Gasteiger partial charge in [0.1, 0.15) is 0 Å². The van der Waals surface area contributed by atoms with E-state index in [1.807, 2.05) is 0 Å². The van der Waals surface area contributed by atoms with Gasteiger partial charge in [-0.3, -0.25) is 0 Å². The molecule has 0 aromatic rings. The average Bonchev–Trinajstić information content (AvgIpc) is 1.56. The molecule has 0 saturated heterocycles. The van der Waals surface area contributed by atoms with E-state index in [0.717, 1.165) is 0 Å². The number of amides is 1. The lowest BCUT2D eigenvalue weighted by Crippen LogP contribution is -2.37. The summed E-state index contributed by atoms with van der Waals surface area (Å²) in [4.78, 5) is 9.25. The number of alkyl halides is 3. The highest BCUT2D eigenvalue weighted by Gasteiger charge is 2.47. The highest BCUT2D eigenvalue weighted by atomic mass is 32.2. The van der Waals surface area contributed by atoms with E-state index in [1.165, 1.54) is 0 Å². The molecule has 0 heterocycles. The summed E-state index contributed by atoms with van der Waals surface area (Å²) < 4.78 is 64.4. The second-order valence-corrected chi connectivity index (χ2v) is 3.00. The molecule has 0 aliphatic carbocycles. The Hall–Kier alpha value is -0.860. The van der Waals surface area contributed by atoms with Crippen LogP contribution >= 0.6 is 0 Å². The van der Waals surface area contributed by atoms with Gasteiger partial charge in [0.2, 0.25) is 0 Å². The number of carbonyl (C=O) groups is 1. The molecule has 0 bridgehead atoms. The van der Waals surface area contributed by atoms with Crippen LogP contribution in [0, 0.1) is 0 Å². The van der Waals surface area contributed by atoms with Crippen molar-refractivity contribution in [1.82, 2.24) is 4.72 Å². The van der Waals surface area contributed by atoms with Crippen molar-refractivity contribution >= 4 is 16.2 Å². The van der Waals surface area contributed by atoms with Crippen molar-refractivity contribution in [2.45, 2.75) is 5.51 Å². The fourth-order valence-corrected chi connectivity index (χ4v) is 0.491. The molecule has 4 nitrogen and oxygen atoms in total. The number of carbonyl (C=O) groups excluding carboxylic acids is 1. The standard InChI is InChI=1S/C2HF4NO3S/c3-1(8)7-11(9,10)2(4,5)6/h(H,7,8). The number of sulfonamides is 1. The Bertz CT molecular complexity index is 253. The Morgan fingerprint density at radius 3 is 1.73 bits per heavy atom. The maximum Gasteiger partial charge on any atom is 0.516 e. The molecule has 66 valence electrons. The third-order valence-electron chi connectivity index (χ3n) is 0.519. The van der Waals surface area contributed by atoms with Crippen molar-refractivity contribution < 1.29 is 30.8 Å². The van der Waals surface area contributed by atoms with Crippen molar-refractivity contribution in [3.63, 3.8) is 0 Å². The highest BCUT2D eigenvalue weighted by molar-refractivity contribution is 7.90. The summed E-state index contributed by atoms with van der Waals surface area (Å²) in [6, 6.07) is 0. The summed E-state index contributed by atoms with van der Waals surface area (Å²) >= 11 is 0. The van der Waals surface area contributed by atoms with Gasteiger partial charge in [0.05, 0.1) is 0 Å². The van der Waals surface area contributed by atoms with Gasteiger partial charge in [-0.1, -0.05) is 0 Å². The summed E-state index contributed by atoms with van der Waals surface area (Å²) in [7, 11) is -5.87. The van der Waals surface area contributed by atoms with Crippen LogP contribution in [0.3, 0.4) is 0 Å². The van der Waals surface area contributed by atoms with Gasteiger partial charge in [-0.25, -0.2) is 9.52 Å². The molecule has 9 heteroatoms. The van der Waals surface area contributed by atoms with Crippen molar-refractivity contribution in [3.05, 3.63) is 0 Å². The zero-order valence-electron chi connectivity index (χ0n) is 4.64. The molecular weight excluding hydrogens is 194 g/mol. The topological polar surface area (TPSA) is 63.2 Å². The largest absolute Gasteiger partial charge is 0.516 e. The minimum atomic E-state index is -5.87. The first-order valence-corrected chi connectivity index (χ1v) is 3.43. The van der Waals surface area contributed by atoms with Gasteiger partial charge in [0, 0.05) is 0 Å². The van der Waals surface area contributed by atoms with Gasteiger partial charge >= 0.3 is 21.7 Å². The molecule has 11 heavy (non-hydrogen) atoms. The molecule has 0 fully saturated rings. The van der Waals surface area contributed by atoms with Gasteiger partial charge in [0.15, 0.2) is 0 Å². The third kappa shape index (κ3) is 2.70. The van der Waals surface area contributed by atoms with E-state index in [-0.39, 0.29) is 4.72 Å². The Kier molecular flexibility index (Phi) is 2.44. The zero-order chi connectivity index (χ0) is 9.28. The summed E-state index contributed by atoms with van der Waals surface area (Å²) in [6.07, 6.45) is -2.78. The fourth-order valence-electron chi connectivity index (χ4n) is 0.164. The molecule has 0 aliphatic rings. The molecule has 0 rings (SSSR count). The first-order chi connectivity index (χ1) is 4.67. The van der Waals surface area contributed by atoms with E-state index in [9.17, 15) is 30.8 Å². The Morgan fingerprint density at radius 1 is 1.27 bits per heavy atom. The molecule has 1 N–H and O–H groups in total. The Morgan fingerprint density at radius 2 is 1.64 bits per heavy atom. The molecule has 0 aliphatic heterocycles. The number of hydrogen-bond acceptors (Lipinski definition) is 3. The molecule has 0 unspecified atom stereocenters. The van der Waals surface area contributed by atoms with Crippen molar-refractivity contribution in [2.75, 3.05) is 0 Å². The van der Waals surface area contributed by atoms with Gasteiger partial charge in [0.25, 0.3) is 0 Å². The zero-order valence-corrected chi connectivity index (χ0v) is 5.46. The molecule has 0 spiro atoms. The second kappa shape index (κ2) is 2.64. The summed E-state index contributed by atoms with van der Waals surface area (Å²) in [6.45, 7) is 0. The van der Waals surface area contributed by atoms with E-state index >= 15 is 0 Å². The van der Waals surface area contributed by atoms with Crippen LogP contribution in [0.2, 0.25) is 0 Å². The average molecular weight is 195 g/mol. The Balaban J connectivity index is 4.64.